The third kappa shape index (κ3) is 4.72. The molecule has 0 spiro atoms. The lowest BCUT2D eigenvalue weighted by atomic mass is 10.3. The number of carbonyl (C=O) groups excluding carboxylic acids is 1. The number of benzene rings is 1. The molecule has 1 atom stereocenters. The van der Waals surface area contributed by atoms with E-state index in [0.29, 0.717) is 6.07 Å². The van der Waals surface area contributed by atoms with Gasteiger partial charge in [-0.25, -0.2) is 22.2 Å². The predicted octanol–water partition coefficient (Wildman–Crippen LogP) is 3.76. The monoisotopic (exact) mass is 456 g/mol. The van der Waals surface area contributed by atoms with Crippen LogP contribution in [0, 0.1) is 0 Å². The Labute approximate surface area is 176 Å². The Morgan fingerprint density at radius 3 is 2.45 bits per heavy atom. The minimum atomic E-state index is -4.69. The normalized spacial score (nSPS) is 13.3. The summed E-state index contributed by atoms with van der Waals surface area (Å²) in [5, 5.41) is 0. The highest BCUT2D eigenvalue weighted by atomic mass is 32.2. The van der Waals surface area contributed by atoms with E-state index in [1.54, 1.807) is 13.0 Å². The van der Waals surface area contributed by atoms with E-state index >= 15 is 0 Å². The molecule has 3 rings (SSSR count). The highest BCUT2D eigenvalue weighted by Crippen LogP contribution is 2.31. The molecule has 11 heteroatoms. The van der Waals surface area contributed by atoms with Gasteiger partial charge in [0.25, 0.3) is 10.0 Å². The summed E-state index contributed by atoms with van der Waals surface area (Å²) in [6, 6.07) is 10.4. The summed E-state index contributed by atoms with van der Waals surface area (Å²) in [4.78, 5) is 15.3. The number of hydrogen-bond donors (Lipinski definition) is 0. The van der Waals surface area contributed by atoms with Crippen LogP contribution in [0.15, 0.2) is 53.4 Å². The number of esters is 1. The first-order chi connectivity index (χ1) is 14.6. The first kappa shape index (κ1) is 22.8. The Morgan fingerprint density at radius 2 is 1.84 bits per heavy atom. The maximum absolute atomic E-state index is 13.3. The van der Waals surface area contributed by atoms with Gasteiger partial charge in [0.2, 0.25) is 0 Å². The number of ether oxygens (including phenoxy) is 2. The van der Waals surface area contributed by atoms with Crippen molar-refractivity contribution in [3.05, 3.63) is 59.9 Å². The van der Waals surface area contributed by atoms with E-state index in [2.05, 4.69) is 4.98 Å². The van der Waals surface area contributed by atoms with Crippen LogP contribution >= 0.6 is 0 Å². The molecule has 2 heterocycles. The van der Waals surface area contributed by atoms with Gasteiger partial charge in [-0.1, -0.05) is 18.2 Å². The van der Waals surface area contributed by atoms with Gasteiger partial charge in [0.1, 0.15) is 5.69 Å². The van der Waals surface area contributed by atoms with Crippen LogP contribution in [0.3, 0.4) is 0 Å². The Kier molecular flexibility index (Phi) is 6.37. The Morgan fingerprint density at radius 1 is 1.16 bits per heavy atom. The summed E-state index contributed by atoms with van der Waals surface area (Å²) in [5.41, 5.74) is -1.35. The van der Waals surface area contributed by atoms with Gasteiger partial charge >= 0.3 is 12.1 Å². The van der Waals surface area contributed by atoms with E-state index in [4.69, 9.17) is 9.47 Å². The molecule has 0 aliphatic carbocycles. The fraction of sp³-hybridized carbons (Fsp3) is 0.300. The molecule has 0 amide bonds. The quantitative estimate of drug-likeness (QED) is 0.503. The Bertz CT molecular complexity index is 1190. The molecular weight excluding hydrogens is 437 g/mol. The van der Waals surface area contributed by atoms with Gasteiger partial charge in [-0.2, -0.15) is 13.2 Å². The van der Waals surface area contributed by atoms with Gasteiger partial charge in [0.05, 0.1) is 34.8 Å². The van der Waals surface area contributed by atoms with Crippen molar-refractivity contribution in [2.24, 2.45) is 0 Å². The summed E-state index contributed by atoms with van der Waals surface area (Å²) < 4.78 is 76.9. The number of rotatable bonds is 7. The molecule has 0 aliphatic rings. The van der Waals surface area contributed by atoms with Crippen LogP contribution < -0.4 is 0 Å². The molecule has 7 nitrogen and oxygen atoms in total. The van der Waals surface area contributed by atoms with Crippen molar-refractivity contribution < 1.29 is 35.9 Å². The minimum Gasteiger partial charge on any atom is -0.464 e. The lowest BCUT2D eigenvalue weighted by Gasteiger charge is -2.15. The van der Waals surface area contributed by atoms with E-state index in [0.717, 1.165) is 10.0 Å². The van der Waals surface area contributed by atoms with Crippen molar-refractivity contribution in [3.8, 4) is 0 Å². The van der Waals surface area contributed by atoms with Gasteiger partial charge in [-0.05, 0) is 44.2 Å². The zero-order valence-electron chi connectivity index (χ0n) is 16.6. The summed E-state index contributed by atoms with van der Waals surface area (Å²) in [5.74, 6) is -0.645. The molecule has 166 valence electrons. The number of aromatic nitrogens is 2. The van der Waals surface area contributed by atoms with Crippen molar-refractivity contribution >= 4 is 27.0 Å². The third-order valence-corrected chi connectivity index (χ3v) is 6.14. The molecule has 31 heavy (non-hydrogen) atoms. The number of pyridine rings is 1. The fourth-order valence-electron chi connectivity index (χ4n) is 2.89. The lowest BCUT2D eigenvalue weighted by molar-refractivity contribution is -0.156. The fourth-order valence-corrected chi connectivity index (χ4v) is 4.43. The van der Waals surface area contributed by atoms with Gasteiger partial charge in [-0.3, -0.25) is 0 Å². The van der Waals surface area contributed by atoms with Crippen molar-refractivity contribution in [2.75, 3.05) is 6.61 Å². The second-order valence-electron chi connectivity index (χ2n) is 6.52. The van der Waals surface area contributed by atoms with Crippen molar-refractivity contribution in [2.45, 2.75) is 37.6 Å². The smallest absolute Gasteiger partial charge is 0.433 e. The molecule has 1 aromatic carbocycles. The van der Waals surface area contributed by atoms with Crippen LogP contribution in [0.1, 0.15) is 25.2 Å². The second-order valence-corrected chi connectivity index (χ2v) is 8.31. The molecular formula is C20H19F3N2O5S. The number of fused-ring (bicyclic) bond motifs is 1. The van der Waals surface area contributed by atoms with Crippen LogP contribution in [-0.4, -0.2) is 36.1 Å². The molecule has 0 aliphatic heterocycles. The molecule has 2 aromatic heterocycles. The first-order valence-electron chi connectivity index (χ1n) is 9.23. The summed E-state index contributed by atoms with van der Waals surface area (Å²) in [6.45, 7) is 2.82. The lowest BCUT2D eigenvalue weighted by Crippen LogP contribution is -2.24. The van der Waals surface area contributed by atoms with Crippen LogP contribution in [0.5, 0.6) is 0 Å². The van der Waals surface area contributed by atoms with Crippen LogP contribution in [0.4, 0.5) is 13.2 Å². The zero-order chi connectivity index (χ0) is 22.8. The average Bonchev–Trinajstić information content (AvgIpc) is 3.10. The van der Waals surface area contributed by atoms with E-state index in [1.165, 1.54) is 37.3 Å². The van der Waals surface area contributed by atoms with E-state index < -0.39 is 34.0 Å². The number of hydrogen-bond acceptors (Lipinski definition) is 6. The van der Waals surface area contributed by atoms with Crippen LogP contribution in [0.2, 0.25) is 0 Å². The molecule has 0 bridgehead atoms. The molecule has 0 N–H and O–H groups in total. The average molecular weight is 456 g/mol. The minimum absolute atomic E-state index is 0.0156. The van der Waals surface area contributed by atoms with Crippen molar-refractivity contribution in [1.82, 2.24) is 8.96 Å². The third-order valence-electron chi connectivity index (χ3n) is 4.36. The van der Waals surface area contributed by atoms with Crippen LogP contribution in [-0.2, 0) is 37.1 Å². The SMILES string of the molecule is CCOC(=O)[C@H](C)OCc1cc2nc(C(F)(F)F)ccc2n1S(=O)(=O)c1ccccc1. The molecule has 0 fully saturated rings. The summed E-state index contributed by atoms with van der Waals surface area (Å²) >= 11 is 0. The molecule has 3 aromatic rings. The van der Waals surface area contributed by atoms with Crippen LogP contribution in [0.25, 0.3) is 11.0 Å². The molecule has 0 saturated heterocycles. The van der Waals surface area contributed by atoms with Crippen molar-refractivity contribution in [1.29, 1.82) is 0 Å². The van der Waals surface area contributed by atoms with E-state index in [9.17, 15) is 26.4 Å². The molecule has 0 radical (unpaired) electrons. The number of alkyl halides is 3. The maximum Gasteiger partial charge on any atom is 0.433 e. The van der Waals surface area contributed by atoms with E-state index in [1.807, 2.05) is 0 Å². The number of nitrogens with zero attached hydrogens (tertiary/aromatic N) is 2. The predicted molar refractivity (Wildman–Crippen MR) is 105 cm³/mol. The highest BCUT2D eigenvalue weighted by Gasteiger charge is 2.33. The molecule has 0 saturated carbocycles. The second kappa shape index (κ2) is 8.67. The van der Waals surface area contributed by atoms with Crippen molar-refractivity contribution in [3.63, 3.8) is 0 Å². The van der Waals surface area contributed by atoms with E-state index in [-0.39, 0.29) is 34.8 Å². The largest absolute Gasteiger partial charge is 0.464 e. The van der Waals surface area contributed by atoms with Gasteiger partial charge in [0.15, 0.2) is 6.10 Å². The summed E-state index contributed by atoms with van der Waals surface area (Å²) in [6.07, 6.45) is -5.70. The highest BCUT2D eigenvalue weighted by molar-refractivity contribution is 7.90. The van der Waals surface area contributed by atoms with Gasteiger partial charge in [-0.15, -0.1) is 0 Å². The standard InChI is InChI=1S/C20H19F3N2O5S/c1-3-29-19(26)13(2)30-12-14-11-16-17(9-10-18(24-16)20(21,22)23)25(14)31(27,28)15-7-5-4-6-8-15/h4-11,13H,3,12H2,1-2H3/t13-/m0/s1. The first-order valence-corrected chi connectivity index (χ1v) is 10.7. The topological polar surface area (TPSA) is 87.5 Å². The Balaban J connectivity index is 2.11. The Hall–Kier alpha value is -2.92. The number of carbonyl (C=O) groups is 1. The number of halogens is 3. The zero-order valence-corrected chi connectivity index (χ0v) is 17.4. The van der Waals surface area contributed by atoms with Gasteiger partial charge < -0.3 is 9.47 Å². The molecule has 0 unspecified atom stereocenters. The maximum atomic E-state index is 13.3. The summed E-state index contributed by atoms with van der Waals surface area (Å²) in [7, 11) is -4.18. The van der Waals surface area contributed by atoms with Gasteiger partial charge in [0, 0.05) is 0 Å².